The first-order chi connectivity index (χ1) is 15.4. The van der Waals surface area contributed by atoms with Crippen molar-refractivity contribution in [3.8, 4) is 0 Å². The Balaban J connectivity index is 1.51. The van der Waals surface area contributed by atoms with Crippen LogP contribution >= 0.6 is 0 Å². The maximum absolute atomic E-state index is 13.1. The molecule has 1 amide bonds. The molecule has 0 fully saturated rings. The number of aromatic nitrogens is 2. The summed E-state index contributed by atoms with van der Waals surface area (Å²) in [7, 11) is 0. The van der Waals surface area contributed by atoms with Crippen LogP contribution in [0, 0.1) is 20.8 Å². The Labute approximate surface area is 187 Å². The van der Waals surface area contributed by atoms with Gasteiger partial charge in [0.1, 0.15) is 0 Å². The van der Waals surface area contributed by atoms with Gasteiger partial charge in [-0.15, -0.1) is 0 Å². The first kappa shape index (κ1) is 21.2. The van der Waals surface area contributed by atoms with Gasteiger partial charge in [0.05, 0.1) is 5.69 Å². The van der Waals surface area contributed by atoms with E-state index in [9.17, 15) is 9.59 Å². The molecular formula is C27H25N3O2. The number of benzene rings is 3. The molecule has 0 bridgehead atoms. The summed E-state index contributed by atoms with van der Waals surface area (Å²) < 4.78 is 1.47. The van der Waals surface area contributed by atoms with Crippen LogP contribution in [0.15, 0.2) is 78.9 Å². The second kappa shape index (κ2) is 9.02. The van der Waals surface area contributed by atoms with Gasteiger partial charge in [0, 0.05) is 34.5 Å². The molecule has 0 aliphatic rings. The van der Waals surface area contributed by atoms with Gasteiger partial charge in [-0.2, -0.15) is 5.10 Å². The molecule has 0 saturated carbocycles. The van der Waals surface area contributed by atoms with Crippen LogP contribution < -0.4 is 5.32 Å². The largest absolute Gasteiger partial charge is 0.322 e. The van der Waals surface area contributed by atoms with Crippen LogP contribution in [-0.4, -0.2) is 21.6 Å². The lowest BCUT2D eigenvalue weighted by atomic mass is 10.0. The van der Waals surface area contributed by atoms with Gasteiger partial charge in [-0.1, -0.05) is 48.5 Å². The van der Waals surface area contributed by atoms with E-state index in [1.54, 1.807) is 30.3 Å². The van der Waals surface area contributed by atoms with E-state index in [4.69, 9.17) is 0 Å². The maximum Gasteiger partial charge on any atom is 0.278 e. The quantitative estimate of drug-likeness (QED) is 0.471. The van der Waals surface area contributed by atoms with E-state index in [0.29, 0.717) is 16.8 Å². The fraction of sp³-hybridized carbons (Fsp3) is 0.148. The normalized spacial score (nSPS) is 10.7. The predicted octanol–water partition coefficient (Wildman–Crippen LogP) is 5.34. The van der Waals surface area contributed by atoms with E-state index >= 15 is 0 Å². The number of amides is 1. The van der Waals surface area contributed by atoms with Crippen LogP contribution in [0.5, 0.6) is 0 Å². The third-order valence-corrected chi connectivity index (χ3v) is 5.64. The number of anilines is 1. The predicted molar refractivity (Wildman–Crippen MR) is 126 cm³/mol. The molecule has 32 heavy (non-hydrogen) atoms. The molecule has 1 N–H and O–H groups in total. The van der Waals surface area contributed by atoms with E-state index in [-0.39, 0.29) is 11.8 Å². The highest BCUT2D eigenvalue weighted by Gasteiger charge is 2.18. The second-order valence-corrected chi connectivity index (χ2v) is 7.88. The van der Waals surface area contributed by atoms with E-state index in [1.807, 2.05) is 57.2 Å². The van der Waals surface area contributed by atoms with Crippen molar-refractivity contribution in [2.24, 2.45) is 0 Å². The summed E-state index contributed by atoms with van der Waals surface area (Å²) in [5.74, 6) is -0.368. The lowest BCUT2D eigenvalue weighted by molar-refractivity contribution is 0.0941. The average Bonchev–Trinajstić information content (AvgIpc) is 3.08. The zero-order valence-electron chi connectivity index (χ0n) is 18.4. The molecule has 1 heterocycles. The van der Waals surface area contributed by atoms with Gasteiger partial charge in [0.25, 0.3) is 11.8 Å². The molecule has 0 unspecified atom stereocenters. The summed E-state index contributed by atoms with van der Waals surface area (Å²) in [6.07, 6.45) is 0.732. The Kier molecular flexibility index (Phi) is 5.99. The van der Waals surface area contributed by atoms with Gasteiger partial charge < -0.3 is 5.32 Å². The van der Waals surface area contributed by atoms with Crippen LogP contribution in [-0.2, 0) is 6.42 Å². The highest BCUT2D eigenvalue weighted by molar-refractivity contribution is 6.05. The number of carbonyl (C=O) groups excluding carboxylic acids is 2. The third-order valence-electron chi connectivity index (χ3n) is 5.64. The number of rotatable bonds is 5. The number of nitrogens with zero attached hydrogens (tertiary/aromatic N) is 2. The Hall–Kier alpha value is -3.99. The van der Waals surface area contributed by atoms with Gasteiger partial charge in [-0.25, -0.2) is 4.68 Å². The molecule has 5 heteroatoms. The van der Waals surface area contributed by atoms with Gasteiger partial charge in [-0.05, 0) is 62.2 Å². The summed E-state index contributed by atoms with van der Waals surface area (Å²) in [5.41, 5.74) is 6.61. The Bertz CT molecular complexity index is 1270. The molecule has 4 aromatic rings. The Morgan fingerprint density at radius 1 is 0.844 bits per heavy atom. The van der Waals surface area contributed by atoms with E-state index in [2.05, 4.69) is 22.5 Å². The van der Waals surface area contributed by atoms with Crippen LogP contribution in [0.2, 0.25) is 0 Å². The van der Waals surface area contributed by atoms with Crippen molar-refractivity contribution < 1.29 is 9.59 Å². The summed E-state index contributed by atoms with van der Waals surface area (Å²) in [5, 5.41) is 7.38. The number of hydrogen-bond donors (Lipinski definition) is 1. The standard InChI is InChI=1S/C27H25N3O2/c1-18-9-7-8-12-24(18)26(31)28-23-15-13-22(14-16-23)27(32)30-20(3)25(19(2)29-30)17-21-10-5-4-6-11-21/h4-16H,17H2,1-3H3,(H,28,31). The van der Waals surface area contributed by atoms with Gasteiger partial charge in [-0.3, -0.25) is 9.59 Å². The maximum atomic E-state index is 13.1. The number of carbonyl (C=O) groups is 2. The zero-order chi connectivity index (χ0) is 22.7. The van der Waals surface area contributed by atoms with Gasteiger partial charge >= 0.3 is 0 Å². The van der Waals surface area contributed by atoms with Gasteiger partial charge in [0.2, 0.25) is 0 Å². The lowest BCUT2D eigenvalue weighted by Gasteiger charge is -2.09. The van der Waals surface area contributed by atoms with Crippen molar-refractivity contribution in [1.29, 1.82) is 0 Å². The highest BCUT2D eigenvalue weighted by atomic mass is 16.2. The van der Waals surface area contributed by atoms with Crippen molar-refractivity contribution in [3.05, 3.63) is 118 Å². The molecule has 0 radical (unpaired) electrons. The SMILES string of the molecule is Cc1ccccc1C(=O)Nc1ccc(C(=O)n2nc(C)c(Cc3ccccc3)c2C)cc1. The summed E-state index contributed by atoms with van der Waals surface area (Å²) in [4.78, 5) is 25.6. The van der Waals surface area contributed by atoms with Gasteiger partial charge in [0.15, 0.2) is 0 Å². The molecule has 1 aromatic heterocycles. The van der Waals surface area contributed by atoms with E-state index in [1.165, 1.54) is 10.2 Å². The summed E-state index contributed by atoms with van der Waals surface area (Å²) in [6, 6.07) is 24.5. The molecule has 5 nitrogen and oxygen atoms in total. The minimum Gasteiger partial charge on any atom is -0.322 e. The van der Waals surface area contributed by atoms with Crippen molar-refractivity contribution in [2.45, 2.75) is 27.2 Å². The lowest BCUT2D eigenvalue weighted by Crippen LogP contribution is -2.16. The number of nitrogens with one attached hydrogen (secondary N) is 1. The van der Waals surface area contributed by atoms with Crippen molar-refractivity contribution in [1.82, 2.24) is 9.78 Å². The summed E-state index contributed by atoms with van der Waals surface area (Å²) in [6.45, 7) is 5.75. The van der Waals surface area contributed by atoms with Crippen LogP contribution in [0.4, 0.5) is 5.69 Å². The second-order valence-electron chi connectivity index (χ2n) is 7.88. The van der Waals surface area contributed by atoms with Crippen molar-refractivity contribution >= 4 is 17.5 Å². The molecular weight excluding hydrogens is 398 g/mol. The van der Waals surface area contributed by atoms with Crippen molar-refractivity contribution in [2.75, 3.05) is 5.32 Å². The van der Waals surface area contributed by atoms with E-state index in [0.717, 1.165) is 28.9 Å². The molecule has 4 rings (SSSR count). The minimum atomic E-state index is -0.193. The minimum absolute atomic E-state index is 0.175. The smallest absolute Gasteiger partial charge is 0.278 e. The highest BCUT2D eigenvalue weighted by Crippen LogP contribution is 2.20. The number of aryl methyl sites for hydroxylation is 2. The fourth-order valence-corrected chi connectivity index (χ4v) is 3.77. The molecule has 0 saturated heterocycles. The van der Waals surface area contributed by atoms with Crippen molar-refractivity contribution in [3.63, 3.8) is 0 Å². The van der Waals surface area contributed by atoms with Crippen LogP contribution in [0.25, 0.3) is 0 Å². The van der Waals surface area contributed by atoms with Crippen LogP contribution in [0.3, 0.4) is 0 Å². The number of hydrogen-bond acceptors (Lipinski definition) is 3. The zero-order valence-corrected chi connectivity index (χ0v) is 18.4. The third kappa shape index (κ3) is 4.37. The average molecular weight is 424 g/mol. The molecule has 160 valence electrons. The first-order valence-electron chi connectivity index (χ1n) is 10.5. The molecule has 0 aliphatic heterocycles. The molecule has 0 aliphatic carbocycles. The molecule has 0 spiro atoms. The molecule has 3 aromatic carbocycles. The topological polar surface area (TPSA) is 64.0 Å². The van der Waals surface area contributed by atoms with E-state index < -0.39 is 0 Å². The fourth-order valence-electron chi connectivity index (χ4n) is 3.77. The first-order valence-corrected chi connectivity index (χ1v) is 10.5. The Morgan fingerprint density at radius 3 is 2.19 bits per heavy atom. The monoisotopic (exact) mass is 423 g/mol. The summed E-state index contributed by atoms with van der Waals surface area (Å²) >= 11 is 0. The van der Waals surface area contributed by atoms with Crippen LogP contribution in [0.1, 0.15) is 48.8 Å². The Morgan fingerprint density at radius 2 is 1.50 bits per heavy atom. The molecule has 0 atom stereocenters.